The first-order valence-corrected chi connectivity index (χ1v) is 9.78. The first-order valence-electron chi connectivity index (χ1n) is 8.80. The van der Waals surface area contributed by atoms with Crippen LogP contribution >= 0.6 is 11.8 Å². The average molecular weight is 401 g/mol. The monoisotopic (exact) mass is 401 g/mol. The number of nitrogens with zero attached hydrogens (tertiary/aromatic N) is 2. The Hall–Kier alpha value is -2.94. The molecule has 0 atom stereocenters. The van der Waals surface area contributed by atoms with Gasteiger partial charge in [0.2, 0.25) is 12.7 Å². The van der Waals surface area contributed by atoms with Gasteiger partial charge in [0.1, 0.15) is 5.76 Å². The van der Waals surface area contributed by atoms with Crippen molar-refractivity contribution in [2.24, 2.45) is 0 Å². The summed E-state index contributed by atoms with van der Waals surface area (Å²) >= 11 is 1.21. The third-order valence-corrected chi connectivity index (χ3v) is 5.07. The number of hydrogen-bond donors (Lipinski definition) is 1. The van der Waals surface area contributed by atoms with Crippen LogP contribution in [-0.2, 0) is 11.3 Å². The summed E-state index contributed by atoms with van der Waals surface area (Å²) in [6.07, 6.45) is 1.55. The topological polar surface area (TPSA) is 95.6 Å². The minimum Gasteiger partial charge on any atom is -0.467 e. The molecule has 28 heavy (non-hydrogen) atoms. The van der Waals surface area contributed by atoms with Crippen LogP contribution in [0.25, 0.3) is 10.9 Å². The summed E-state index contributed by atoms with van der Waals surface area (Å²) < 4.78 is 17.7. The number of carbonyl (C=O) groups excluding carboxylic acids is 1. The lowest BCUT2D eigenvalue weighted by atomic mass is 10.2. The summed E-state index contributed by atoms with van der Waals surface area (Å²) in [5.74, 6) is 1.73. The van der Waals surface area contributed by atoms with Gasteiger partial charge in [0.15, 0.2) is 16.7 Å². The van der Waals surface area contributed by atoms with Crippen LogP contribution in [-0.4, -0.2) is 34.0 Å². The molecule has 1 aromatic carbocycles. The van der Waals surface area contributed by atoms with Crippen molar-refractivity contribution in [2.45, 2.75) is 31.6 Å². The molecule has 3 aromatic rings. The SMILES string of the molecule is CC(C)NC(=O)CSc1nc2cc3c(cc2c(=O)n1Cc1ccco1)OCO3. The molecule has 3 heterocycles. The average Bonchev–Trinajstić information content (AvgIpc) is 3.32. The third kappa shape index (κ3) is 3.70. The highest BCUT2D eigenvalue weighted by Crippen LogP contribution is 2.35. The molecule has 0 radical (unpaired) electrons. The van der Waals surface area contributed by atoms with Crippen molar-refractivity contribution in [1.82, 2.24) is 14.9 Å². The highest BCUT2D eigenvalue weighted by Gasteiger charge is 2.20. The summed E-state index contributed by atoms with van der Waals surface area (Å²) in [7, 11) is 0. The Labute approximate surface area is 164 Å². The Morgan fingerprint density at radius 3 is 2.82 bits per heavy atom. The maximum atomic E-state index is 13.2. The molecule has 1 aliphatic rings. The Kier molecular flexibility index (Phi) is 4.99. The van der Waals surface area contributed by atoms with Gasteiger partial charge in [0, 0.05) is 12.1 Å². The number of benzene rings is 1. The molecule has 0 saturated heterocycles. The van der Waals surface area contributed by atoms with Crippen molar-refractivity contribution >= 4 is 28.6 Å². The van der Waals surface area contributed by atoms with Gasteiger partial charge in [-0.15, -0.1) is 0 Å². The van der Waals surface area contributed by atoms with E-state index in [0.29, 0.717) is 33.3 Å². The Bertz CT molecular complexity index is 1080. The fourth-order valence-corrected chi connectivity index (χ4v) is 3.70. The maximum absolute atomic E-state index is 13.2. The highest BCUT2D eigenvalue weighted by molar-refractivity contribution is 7.99. The second-order valence-corrected chi connectivity index (χ2v) is 7.54. The first-order chi connectivity index (χ1) is 13.5. The number of furan rings is 1. The molecule has 0 unspecified atom stereocenters. The second kappa shape index (κ2) is 7.59. The Morgan fingerprint density at radius 2 is 2.11 bits per heavy atom. The molecule has 8 nitrogen and oxygen atoms in total. The van der Waals surface area contributed by atoms with Crippen LogP contribution in [0.15, 0.2) is 44.9 Å². The van der Waals surface area contributed by atoms with Crippen molar-refractivity contribution in [2.75, 3.05) is 12.5 Å². The van der Waals surface area contributed by atoms with Gasteiger partial charge in [-0.1, -0.05) is 11.8 Å². The van der Waals surface area contributed by atoms with E-state index < -0.39 is 0 Å². The van der Waals surface area contributed by atoms with Crippen molar-refractivity contribution < 1.29 is 18.7 Å². The predicted octanol–water partition coefficient (Wildman–Crippen LogP) is 2.38. The lowest BCUT2D eigenvalue weighted by Crippen LogP contribution is -2.32. The number of hydrogen-bond acceptors (Lipinski definition) is 7. The van der Waals surface area contributed by atoms with E-state index >= 15 is 0 Å². The van der Waals surface area contributed by atoms with Gasteiger partial charge < -0.3 is 19.2 Å². The maximum Gasteiger partial charge on any atom is 0.262 e. The molecule has 1 N–H and O–H groups in total. The molecule has 4 rings (SSSR count). The number of ether oxygens (including phenoxy) is 2. The Balaban J connectivity index is 1.75. The van der Waals surface area contributed by atoms with Crippen LogP contribution in [0.4, 0.5) is 0 Å². The molecule has 0 fully saturated rings. The predicted molar refractivity (Wildman–Crippen MR) is 104 cm³/mol. The van der Waals surface area contributed by atoms with Crippen molar-refractivity contribution in [1.29, 1.82) is 0 Å². The van der Waals surface area contributed by atoms with Gasteiger partial charge in [-0.3, -0.25) is 14.2 Å². The van der Waals surface area contributed by atoms with Gasteiger partial charge in [-0.2, -0.15) is 0 Å². The van der Waals surface area contributed by atoms with E-state index in [1.165, 1.54) is 16.3 Å². The molecule has 0 bridgehead atoms. The first kappa shape index (κ1) is 18.4. The van der Waals surface area contributed by atoms with Crippen LogP contribution in [0.1, 0.15) is 19.6 Å². The van der Waals surface area contributed by atoms with Crippen molar-refractivity contribution in [3.05, 3.63) is 46.6 Å². The normalized spacial score (nSPS) is 12.7. The number of rotatable bonds is 6. The molecule has 9 heteroatoms. The number of amides is 1. The molecule has 0 aliphatic carbocycles. The molecule has 0 spiro atoms. The van der Waals surface area contributed by atoms with Gasteiger partial charge in [-0.25, -0.2) is 4.98 Å². The lowest BCUT2D eigenvalue weighted by molar-refractivity contribution is -0.119. The molecule has 1 amide bonds. The number of aromatic nitrogens is 2. The summed E-state index contributed by atoms with van der Waals surface area (Å²) in [6, 6.07) is 6.93. The van der Waals surface area contributed by atoms with E-state index in [1.807, 2.05) is 13.8 Å². The minimum absolute atomic E-state index is 0.0442. The molecule has 1 aliphatic heterocycles. The fraction of sp³-hybridized carbons (Fsp3) is 0.316. The van der Waals surface area contributed by atoms with Crippen molar-refractivity contribution in [3.63, 3.8) is 0 Å². The smallest absolute Gasteiger partial charge is 0.262 e. The number of carbonyl (C=O) groups is 1. The van der Waals surface area contributed by atoms with Crippen LogP contribution < -0.4 is 20.3 Å². The number of fused-ring (bicyclic) bond motifs is 2. The molecular weight excluding hydrogens is 382 g/mol. The number of thioether (sulfide) groups is 1. The van der Waals surface area contributed by atoms with Crippen LogP contribution in [0.2, 0.25) is 0 Å². The third-order valence-electron chi connectivity index (χ3n) is 4.09. The van der Waals surface area contributed by atoms with Gasteiger partial charge in [0.05, 0.1) is 29.5 Å². The quantitative estimate of drug-likeness (QED) is 0.500. The zero-order valence-corrected chi connectivity index (χ0v) is 16.2. The van der Waals surface area contributed by atoms with Crippen molar-refractivity contribution in [3.8, 4) is 11.5 Å². The summed E-state index contributed by atoms with van der Waals surface area (Å²) in [4.78, 5) is 29.8. The van der Waals surface area contributed by atoms with E-state index in [0.717, 1.165) is 0 Å². The van der Waals surface area contributed by atoms with Crippen LogP contribution in [0, 0.1) is 0 Å². The second-order valence-electron chi connectivity index (χ2n) is 6.60. The zero-order valence-electron chi connectivity index (χ0n) is 15.4. The summed E-state index contributed by atoms with van der Waals surface area (Å²) in [5.41, 5.74) is 0.267. The largest absolute Gasteiger partial charge is 0.467 e. The Morgan fingerprint density at radius 1 is 1.32 bits per heavy atom. The van der Waals surface area contributed by atoms with Gasteiger partial charge >= 0.3 is 0 Å². The molecular formula is C19H19N3O5S. The number of nitrogens with one attached hydrogen (secondary N) is 1. The van der Waals surface area contributed by atoms with Gasteiger partial charge in [0.25, 0.3) is 5.56 Å². The van der Waals surface area contributed by atoms with E-state index in [1.54, 1.807) is 30.5 Å². The fourth-order valence-electron chi connectivity index (χ4n) is 2.89. The van der Waals surface area contributed by atoms with Gasteiger partial charge in [-0.05, 0) is 32.0 Å². The van der Waals surface area contributed by atoms with E-state index in [4.69, 9.17) is 13.9 Å². The molecule has 2 aromatic heterocycles. The van der Waals surface area contributed by atoms with E-state index in [-0.39, 0.29) is 36.6 Å². The van der Waals surface area contributed by atoms with Crippen LogP contribution in [0.5, 0.6) is 11.5 Å². The minimum atomic E-state index is -0.230. The standard InChI is InChI=1S/C19H19N3O5S/c1-11(2)20-17(23)9-28-19-21-14-7-16-15(26-10-27-16)6-13(14)18(24)22(19)8-12-4-3-5-25-12/h3-7,11H,8-10H2,1-2H3,(H,20,23). The molecule has 0 saturated carbocycles. The zero-order chi connectivity index (χ0) is 19.7. The van der Waals surface area contributed by atoms with E-state index in [2.05, 4.69) is 10.3 Å². The lowest BCUT2D eigenvalue weighted by Gasteiger charge is -2.13. The van der Waals surface area contributed by atoms with Crippen LogP contribution in [0.3, 0.4) is 0 Å². The summed E-state index contributed by atoms with van der Waals surface area (Å²) in [5, 5.41) is 3.69. The van der Waals surface area contributed by atoms with E-state index in [9.17, 15) is 9.59 Å². The summed E-state index contributed by atoms with van der Waals surface area (Å²) in [6.45, 7) is 4.12. The molecule has 146 valence electrons. The highest BCUT2D eigenvalue weighted by atomic mass is 32.2.